The average molecular weight is 374 g/mol. The van der Waals surface area contributed by atoms with Gasteiger partial charge in [-0.05, 0) is 31.4 Å². The van der Waals surface area contributed by atoms with Gasteiger partial charge in [-0.3, -0.25) is 9.59 Å². The van der Waals surface area contributed by atoms with Crippen molar-refractivity contribution in [2.45, 2.75) is 25.8 Å². The zero-order valence-electron chi connectivity index (χ0n) is 15.8. The number of hydrogen-bond donors (Lipinski definition) is 0. The molecule has 2 aromatic heterocycles. The highest BCUT2D eigenvalue weighted by Crippen LogP contribution is 2.36. The molecule has 2 bridgehead atoms. The monoisotopic (exact) mass is 374 g/mol. The summed E-state index contributed by atoms with van der Waals surface area (Å²) >= 11 is 0. The number of benzene rings is 1. The summed E-state index contributed by atoms with van der Waals surface area (Å²) in [6.45, 7) is 3.86. The number of likely N-dealkylation sites (tertiary alicyclic amines) is 1. The van der Waals surface area contributed by atoms with Gasteiger partial charge in [0.05, 0.1) is 5.56 Å². The molecule has 5 heteroatoms. The van der Waals surface area contributed by atoms with Crippen LogP contribution >= 0.6 is 0 Å². The number of fused-ring (bicyclic) bond motifs is 4. The van der Waals surface area contributed by atoms with Crippen molar-refractivity contribution in [2.75, 3.05) is 13.1 Å². The summed E-state index contributed by atoms with van der Waals surface area (Å²) < 4.78 is 7.77. The molecule has 0 spiro atoms. The number of carbonyl (C=O) groups excluding carboxylic acids is 1. The molecule has 3 aromatic rings. The summed E-state index contributed by atoms with van der Waals surface area (Å²) in [5, 5.41) is 0. The summed E-state index contributed by atoms with van der Waals surface area (Å²) in [5.74, 6) is 1.92. The highest BCUT2D eigenvalue weighted by molar-refractivity contribution is 5.96. The highest BCUT2D eigenvalue weighted by atomic mass is 16.3. The van der Waals surface area contributed by atoms with E-state index in [1.165, 1.54) is 0 Å². The summed E-state index contributed by atoms with van der Waals surface area (Å²) in [4.78, 5) is 27.4. The van der Waals surface area contributed by atoms with E-state index in [2.05, 4.69) is 0 Å². The summed E-state index contributed by atoms with van der Waals surface area (Å²) in [5.41, 5.74) is 2.71. The van der Waals surface area contributed by atoms with E-state index in [1.54, 1.807) is 6.07 Å². The molecule has 0 radical (unpaired) electrons. The normalized spacial score (nSPS) is 20.7. The Balaban J connectivity index is 1.43. The molecule has 2 atom stereocenters. The van der Waals surface area contributed by atoms with Crippen molar-refractivity contribution in [3.05, 3.63) is 82.0 Å². The second-order valence-corrected chi connectivity index (χ2v) is 7.85. The van der Waals surface area contributed by atoms with Crippen LogP contribution in [-0.2, 0) is 6.54 Å². The fourth-order valence-corrected chi connectivity index (χ4v) is 4.67. The molecular formula is C23H22N2O3. The lowest BCUT2D eigenvalue weighted by atomic mass is 9.83. The van der Waals surface area contributed by atoms with Crippen LogP contribution in [0, 0.1) is 12.8 Å². The number of piperidine rings is 1. The van der Waals surface area contributed by atoms with Crippen LogP contribution in [0.4, 0.5) is 0 Å². The van der Waals surface area contributed by atoms with Crippen LogP contribution in [-0.4, -0.2) is 28.5 Å². The van der Waals surface area contributed by atoms with Crippen LogP contribution in [0.3, 0.4) is 0 Å². The van der Waals surface area contributed by atoms with Gasteiger partial charge in [0.15, 0.2) is 0 Å². The molecule has 1 fully saturated rings. The van der Waals surface area contributed by atoms with E-state index < -0.39 is 0 Å². The van der Waals surface area contributed by atoms with Crippen LogP contribution in [0.5, 0.6) is 0 Å². The van der Waals surface area contributed by atoms with Crippen molar-refractivity contribution in [1.82, 2.24) is 9.47 Å². The Labute approximate surface area is 163 Å². The van der Waals surface area contributed by atoms with Crippen molar-refractivity contribution in [1.29, 1.82) is 0 Å². The van der Waals surface area contributed by atoms with E-state index in [9.17, 15) is 9.59 Å². The van der Waals surface area contributed by atoms with Gasteiger partial charge in [-0.25, -0.2) is 0 Å². The van der Waals surface area contributed by atoms with E-state index in [0.717, 1.165) is 23.4 Å². The van der Waals surface area contributed by atoms with E-state index in [4.69, 9.17) is 4.42 Å². The first-order valence-electron chi connectivity index (χ1n) is 9.75. The molecule has 5 rings (SSSR count). The fourth-order valence-electron chi connectivity index (χ4n) is 4.67. The number of hydrogen-bond acceptors (Lipinski definition) is 3. The molecule has 0 saturated carbocycles. The number of amides is 1. The van der Waals surface area contributed by atoms with Gasteiger partial charge in [0.25, 0.3) is 11.5 Å². The second kappa shape index (κ2) is 6.51. The standard InChI is InChI=1S/C23H22N2O3/c1-15-19(11-21(28-15)17-6-3-2-4-7-17)23(27)24-12-16-10-18(14-24)20-8-5-9-22(26)25(20)13-16/h2-9,11,16,18H,10,12-14H2,1H3/t16-,18+/m1/s1. The number of rotatable bonds is 2. The van der Waals surface area contributed by atoms with Crippen LogP contribution in [0.2, 0.25) is 0 Å². The predicted octanol–water partition coefficient (Wildman–Crippen LogP) is 3.68. The Hall–Kier alpha value is -3.08. The lowest BCUT2D eigenvalue weighted by Gasteiger charge is -2.42. The molecule has 2 aliphatic heterocycles. The second-order valence-electron chi connectivity index (χ2n) is 7.85. The third-order valence-corrected chi connectivity index (χ3v) is 5.97. The summed E-state index contributed by atoms with van der Waals surface area (Å²) in [7, 11) is 0. The Morgan fingerprint density at radius 1 is 1.04 bits per heavy atom. The minimum Gasteiger partial charge on any atom is -0.461 e. The van der Waals surface area contributed by atoms with Gasteiger partial charge in [-0.2, -0.15) is 0 Å². The molecule has 1 saturated heterocycles. The quantitative estimate of drug-likeness (QED) is 0.688. The van der Waals surface area contributed by atoms with Gasteiger partial charge >= 0.3 is 0 Å². The molecule has 5 nitrogen and oxygen atoms in total. The molecule has 142 valence electrons. The molecule has 2 aliphatic rings. The number of aromatic nitrogens is 1. The largest absolute Gasteiger partial charge is 0.461 e. The number of pyridine rings is 1. The van der Waals surface area contributed by atoms with Crippen molar-refractivity contribution in [3.8, 4) is 11.3 Å². The Morgan fingerprint density at radius 2 is 1.86 bits per heavy atom. The number of furan rings is 1. The van der Waals surface area contributed by atoms with Crippen LogP contribution < -0.4 is 5.56 Å². The van der Waals surface area contributed by atoms with Gasteiger partial charge in [-0.15, -0.1) is 0 Å². The lowest BCUT2D eigenvalue weighted by molar-refractivity contribution is 0.0593. The van der Waals surface area contributed by atoms with Crippen LogP contribution in [0.25, 0.3) is 11.3 Å². The first-order valence-corrected chi connectivity index (χ1v) is 9.75. The van der Waals surface area contributed by atoms with Crippen LogP contribution in [0.15, 0.2) is 63.8 Å². The zero-order valence-corrected chi connectivity index (χ0v) is 15.8. The average Bonchev–Trinajstić information content (AvgIpc) is 3.10. The van der Waals surface area contributed by atoms with E-state index in [0.29, 0.717) is 36.9 Å². The molecule has 28 heavy (non-hydrogen) atoms. The third kappa shape index (κ3) is 2.78. The minimum atomic E-state index is 0.0184. The summed E-state index contributed by atoms with van der Waals surface area (Å²) in [6.07, 6.45) is 1.03. The number of carbonyl (C=O) groups is 1. The fraction of sp³-hybridized carbons (Fsp3) is 0.304. The van der Waals surface area contributed by atoms with Crippen molar-refractivity contribution < 1.29 is 9.21 Å². The molecule has 0 N–H and O–H groups in total. The molecule has 4 heterocycles. The third-order valence-electron chi connectivity index (χ3n) is 5.97. The van der Waals surface area contributed by atoms with Gasteiger partial charge in [-0.1, -0.05) is 36.4 Å². The smallest absolute Gasteiger partial charge is 0.257 e. The lowest BCUT2D eigenvalue weighted by Crippen LogP contribution is -2.49. The first kappa shape index (κ1) is 17.0. The van der Waals surface area contributed by atoms with Gasteiger partial charge in [0.1, 0.15) is 11.5 Å². The minimum absolute atomic E-state index is 0.0184. The number of aryl methyl sites for hydroxylation is 1. The van der Waals surface area contributed by atoms with Gasteiger partial charge < -0.3 is 13.9 Å². The first-order chi connectivity index (χ1) is 13.6. The van der Waals surface area contributed by atoms with E-state index in [-0.39, 0.29) is 17.4 Å². The van der Waals surface area contributed by atoms with E-state index >= 15 is 0 Å². The van der Waals surface area contributed by atoms with Crippen molar-refractivity contribution >= 4 is 5.91 Å². The maximum Gasteiger partial charge on any atom is 0.257 e. The predicted molar refractivity (Wildman–Crippen MR) is 106 cm³/mol. The maximum atomic E-state index is 13.3. The Morgan fingerprint density at radius 3 is 2.68 bits per heavy atom. The number of nitrogens with zero attached hydrogens (tertiary/aromatic N) is 2. The summed E-state index contributed by atoms with van der Waals surface area (Å²) in [6, 6.07) is 17.2. The Bertz CT molecular complexity index is 1100. The van der Waals surface area contributed by atoms with E-state index in [1.807, 2.05) is 64.9 Å². The van der Waals surface area contributed by atoms with Gasteiger partial charge in [0.2, 0.25) is 0 Å². The zero-order chi connectivity index (χ0) is 19.3. The SMILES string of the molecule is Cc1oc(-c2ccccc2)cc1C(=O)N1C[C@H]2C[C@@H](C1)c1cccc(=O)n1C2. The van der Waals surface area contributed by atoms with Crippen LogP contribution in [0.1, 0.15) is 34.2 Å². The molecule has 0 unspecified atom stereocenters. The molecular weight excluding hydrogens is 352 g/mol. The highest BCUT2D eigenvalue weighted by Gasteiger charge is 2.37. The maximum absolute atomic E-state index is 13.3. The van der Waals surface area contributed by atoms with Crippen molar-refractivity contribution in [3.63, 3.8) is 0 Å². The molecule has 1 aromatic carbocycles. The van der Waals surface area contributed by atoms with Gasteiger partial charge in [0, 0.05) is 42.9 Å². The Kier molecular flexibility index (Phi) is 3.97. The topological polar surface area (TPSA) is 55.5 Å². The van der Waals surface area contributed by atoms with Crippen molar-refractivity contribution in [2.24, 2.45) is 5.92 Å². The molecule has 0 aliphatic carbocycles. The molecule has 1 amide bonds.